The number of para-hydroxylation sites is 1. The summed E-state index contributed by atoms with van der Waals surface area (Å²) < 4.78 is 20.4. The molecule has 0 aliphatic carbocycles. The van der Waals surface area contributed by atoms with Gasteiger partial charge in [0.05, 0.1) is 10.6 Å². The Bertz CT molecular complexity index is 934. The van der Waals surface area contributed by atoms with Crippen LogP contribution in [0, 0.1) is 19.7 Å². The molecule has 0 radical (unpaired) electrons. The third-order valence-corrected chi connectivity index (χ3v) is 5.32. The Morgan fingerprint density at radius 3 is 2.62 bits per heavy atom. The lowest BCUT2D eigenvalue weighted by atomic mass is 10.1. The highest BCUT2D eigenvalue weighted by atomic mass is 79.9. The first-order valence-electron chi connectivity index (χ1n) is 7.97. The zero-order valence-corrected chi connectivity index (χ0v) is 16.7. The molecule has 0 fully saturated rings. The summed E-state index contributed by atoms with van der Waals surface area (Å²) in [5, 5.41) is 4.47. The van der Waals surface area contributed by atoms with Crippen LogP contribution >= 0.6 is 27.3 Å². The van der Waals surface area contributed by atoms with Crippen molar-refractivity contribution in [2.24, 2.45) is 0 Å². The number of carbonyl (C=O) groups excluding carboxylic acids is 1. The van der Waals surface area contributed by atoms with Gasteiger partial charge in [-0.05, 0) is 54.6 Å². The average Bonchev–Trinajstić information content (AvgIpc) is 3.06. The van der Waals surface area contributed by atoms with Crippen molar-refractivity contribution >= 4 is 38.9 Å². The predicted molar refractivity (Wildman–Crippen MR) is 107 cm³/mol. The lowest BCUT2D eigenvalue weighted by Gasteiger charge is -2.11. The Labute approximate surface area is 164 Å². The second kappa shape index (κ2) is 8.01. The predicted octanol–water partition coefficient (Wildman–Crippen LogP) is 6.10. The van der Waals surface area contributed by atoms with Crippen LogP contribution in [0.1, 0.15) is 26.4 Å². The average molecular weight is 434 g/mol. The fourth-order valence-corrected chi connectivity index (χ4v) is 3.65. The summed E-state index contributed by atoms with van der Waals surface area (Å²) >= 11 is 4.50. The summed E-state index contributed by atoms with van der Waals surface area (Å²) in [6, 6.07) is 12.3. The largest absolute Gasteiger partial charge is 0.488 e. The minimum Gasteiger partial charge on any atom is -0.488 e. The van der Waals surface area contributed by atoms with E-state index >= 15 is 0 Å². The normalized spacial score (nSPS) is 10.6. The van der Waals surface area contributed by atoms with Crippen LogP contribution in [-0.2, 0) is 6.61 Å². The summed E-state index contributed by atoms with van der Waals surface area (Å²) in [6.07, 6.45) is 0. The van der Waals surface area contributed by atoms with Crippen LogP contribution < -0.4 is 10.1 Å². The molecule has 26 heavy (non-hydrogen) atoms. The SMILES string of the molecule is Cc1cccc(C)c1OCc1csc(C(=O)Nc2ccc(Br)cc2F)c1. The van der Waals surface area contributed by atoms with E-state index in [0.717, 1.165) is 22.4 Å². The third kappa shape index (κ3) is 4.31. The number of hydrogen-bond donors (Lipinski definition) is 1. The maximum absolute atomic E-state index is 13.9. The van der Waals surface area contributed by atoms with Crippen LogP contribution in [0.25, 0.3) is 0 Å². The van der Waals surface area contributed by atoms with E-state index in [0.29, 0.717) is 16.0 Å². The number of ether oxygens (including phenoxy) is 1. The summed E-state index contributed by atoms with van der Waals surface area (Å²) in [5.74, 6) is 0.0408. The summed E-state index contributed by atoms with van der Waals surface area (Å²) in [7, 11) is 0. The second-order valence-corrected chi connectivity index (χ2v) is 7.73. The number of halogens is 2. The number of aryl methyl sites for hydroxylation is 2. The van der Waals surface area contributed by atoms with Gasteiger partial charge in [-0.2, -0.15) is 0 Å². The van der Waals surface area contributed by atoms with Crippen LogP contribution in [0.2, 0.25) is 0 Å². The molecule has 0 saturated carbocycles. The molecule has 3 rings (SSSR count). The molecule has 6 heteroatoms. The molecule has 2 aromatic carbocycles. The van der Waals surface area contributed by atoms with Crippen LogP contribution in [0.4, 0.5) is 10.1 Å². The van der Waals surface area contributed by atoms with Gasteiger partial charge < -0.3 is 10.1 Å². The van der Waals surface area contributed by atoms with Gasteiger partial charge in [0.2, 0.25) is 0 Å². The maximum Gasteiger partial charge on any atom is 0.265 e. The van der Waals surface area contributed by atoms with Crippen LogP contribution in [0.3, 0.4) is 0 Å². The third-order valence-electron chi connectivity index (χ3n) is 3.85. The summed E-state index contributed by atoms with van der Waals surface area (Å²) in [6.45, 7) is 4.38. The Kier molecular flexibility index (Phi) is 5.74. The van der Waals surface area contributed by atoms with Gasteiger partial charge in [0.1, 0.15) is 18.2 Å². The highest BCUT2D eigenvalue weighted by Crippen LogP contribution is 2.25. The number of carbonyl (C=O) groups is 1. The standard InChI is InChI=1S/C20H17BrFNO2S/c1-12-4-3-5-13(2)19(12)25-10-14-8-18(26-11-14)20(24)23-17-7-6-15(21)9-16(17)22/h3-9,11H,10H2,1-2H3,(H,23,24). The van der Waals surface area contributed by atoms with E-state index in [1.807, 2.05) is 37.4 Å². The van der Waals surface area contributed by atoms with Crippen LogP contribution in [0.5, 0.6) is 5.75 Å². The highest BCUT2D eigenvalue weighted by Gasteiger charge is 2.13. The van der Waals surface area contributed by atoms with Gasteiger partial charge in [-0.3, -0.25) is 4.79 Å². The van der Waals surface area contributed by atoms with Crippen molar-refractivity contribution < 1.29 is 13.9 Å². The molecule has 1 N–H and O–H groups in total. The molecule has 0 saturated heterocycles. The van der Waals surface area contributed by atoms with Gasteiger partial charge >= 0.3 is 0 Å². The van der Waals surface area contributed by atoms with Crippen molar-refractivity contribution in [2.75, 3.05) is 5.32 Å². The monoisotopic (exact) mass is 433 g/mol. The van der Waals surface area contributed by atoms with Crippen LogP contribution in [0.15, 0.2) is 52.3 Å². The number of amides is 1. The summed E-state index contributed by atoms with van der Waals surface area (Å²) in [4.78, 5) is 12.8. The fraction of sp³-hybridized carbons (Fsp3) is 0.150. The first-order valence-corrected chi connectivity index (χ1v) is 9.64. The molecular formula is C20H17BrFNO2S. The quantitative estimate of drug-likeness (QED) is 0.527. The van der Waals surface area contributed by atoms with E-state index in [-0.39, 0.29) is 11.6 Å². The molecule has 1 aromatic heterocycles. The van der Waals surface area contributed by atoms with Gasteiger partial charge in [0.25, 0.3) is 5.91 Å². The van der Waals surface area contributed by atoms with E-state index in [2.05, 4.69) is 21.2 Å². The van der Waals surface area contributed by atoms with Gasteiger partial charge in [-0.15, -0.1) is 11.3 Å². The van der Waals surface area contributed by atoms with Crippen molar-refractivity contribution in [1.82, 2.24) is 0 Å². The zero-order chi connectivity index (χ0) is 18.7. The van der Waals surface area contributed by atoms with Crippen molar-refractivity contribution in [3.8, 4) is 5.75 Å². The molecule has 1 amide bonds. The molecule has 3 aromatic rings. The first kappa shape index (κ1) is 18.6. The maximum atomic E-state index is 13.9. The molecule has 0 aliphatic heterocycles. The number of rotatable bonds is 5. The van der Waals surface area contributed by atoms with Gasteiger partial charge in [0.15, 0.2) is 0 Å². The lowest BCUT2D eigenvalue weighted by molar-refractivity contribution is 0.103. The van der Waals surface area contributed by atoms with Crippen molar-refractivity contribution in [1.29, 1.82) is 0 Å². The molecule has 3 nitrogen and oxygen atoms in total. The molecule has 1 heterocycles. The molecule has 0 unspecified atom stereocenters. The Morgan fingerprint density at radius 2 is 1.92 bits per heavy atom. The van der Waals surface area contributed by atoms with E-state index in [4.69, 9.17) is 4.74 Å². The Balaban J connectivity index is 1.66. The van der Waals surface area contributed by atoms with E-state index in [1.54, 1.807) is 12.1 Å². The number of hydrogen-bond acceptors (Lipinski definition) is 3. The zero-order valence-electron chi connectivity index (χ0n) is 14.3. The second-order valence-electron chi connectivity index (χ2n) is 5.91. The topological polar surface area (TPSA) is 38.3 Å². The molecular weight excluding hydrogens is 417 g/mol. The van der Waals surface area contributed by atoms with Crippen molar-refractivity contribution in [3.05, 3.63) is 79.7 Å². The molecule has 0 bridgehead atoms. The highest BCUT2D eigenvalue weighted by molar-refractivity contribution is 9.10. The molecule has 0 aliphatic rings. The van der Waals surface area contributed by atoms with Crippen molar-refractivity contribution in [3.63, 3.8) is 0 Å². The Morgan fingerprint density at radius 1 is 1.19 bits per heavy atom. The summed E-state index contributed by atoms with van der Waals surface area (Å²) in [5.41, 5.74) is 3.20. The van der Waals surface area contributed by atoms with E-state index in [1.165, 1.54) is 23.5 Å². The van der Waals surface area contributed by atoms with E-state index in [9.17, 15) is 9.18 Å². The first-order chi connectivity index (χ1) is 12.4. The van der Waals surface area contributed by atoms with Crippen LogP contribution in [-0.4, -0.2) is 5.91 Å². The van der Waals surface area contributed by atoms with Gasteiger partial charge in [-0.25, -0.2) is 4.39 Å². The molecule has 0 atom stereocenters. The minimum absolute atomic E-state index is 0.153. The lowest BCUT2D eigenvalue weighted by Crippen LogP contribution is -2.11. The molecule has 0 spiro atoms. The number of anilines is 1. The minimum atomic E-state index is -0.483. The smallest absolute Gasteiger partial charge is 0.265 e. The van der Waals surface area contributed by atoms with E-state index < -0.39 is 5.82 Å². The number of thiophene rings is 1. The van der Waals surface area contributed by atoms with Gasteiger partial charge in [-0.1, -0.05) is 34.1 Å². The number of nitrogens with one attached hydrogen (secondary N) is 1. The number of benzene rings is 2. The fourth-order valence-electron chi connectivity index (χ4n) is 2.53. The molecule has 134 valence electrons. The van der Waals surface area contributed by atoms with Crippen molar-refractivity contribution in [2.45, 2.75) is 20.5 Å². The Hall–Kier alpha value is -2.18. The van der Waals surface area contributed by atoms with Gasteiger partial charge in [0, 0.05) is 10.0 Å².